The number of hydrogen-bond donors (Lipinski definition) is 1. The van der Waals surface area contributed by atoms with Gasteiger partial charge in [0.25, 0.3) is 0 Å². The zero-order valence-electron chi connectivity index (χ0n) is 31.7. The van der Waals surface area contributed by atoms with E-state index >= 15 is 0 Å². The smallest absolute Gasteiger partial charge is 0.303 e. The van der Waals surface area contributed by atoms with Crippen LogP contribution in [0.15, 0.2) is 42.5 Å². The minimum Gasteiger partial charge on any atom is -0.458 e. The van der Waals surface area contributed by atoms with Gasteiger partial charge in [0.15, 0.2) is 6.10 Å². The Hall–Kier alpha value is -3.44. The maximum absolute atomic E-state index is 12.4. The van der Waals surface area contributed by atoms with E-state index in [-0.39, 0.29) is 18.2 Å². The Morgan fingerprint density at radius 3 is 2.06 bits per heavy atom. The van der Waals surface area contributed by atoms with E-state index < -0.39 is 47.1 Å². The van der Waals surface area contributed by atoms with E-state index in [1.165, 1.54) is 13.8 Å². The highest BCUT2D eigenvalue weighted by atomic mass is 16.8. The average molecular weight is 708 g/mol. The second-order valence-corrected chi connectivity index (χ2v) is 15.2. The van der Waals surface area contributed by atoms with Crippen LogP contribution in [-0.4, -0.2) is 84.2 Å². The first-order valence-electron chi connectivity index (χ1n) is 18.2. The van der Waals surface area contributed by atoms with Gasteiger partial charge in [0.05, 0.1) is 12.2 Å². The minimum atomic E-state index is -1.62. The highest BCUT2D eigenvalue weighted by Crippen LogP contribution is 2.57. The Morgan fingerprint density at radius 1 is 0.882 bits per heavy atom. The molecule has 2 bridgehead atoms. The molecule has 5 atom stereocenters. The summed E-state index contributed by atoms with van der Waals surface area (Å²) >= 11 is 0. The van der Waals surface area contributed by atoms with Crippen molar-refractivity contribution in [1.29, 1.82) is 0 Å². The summed E-state index contributed by atoms with van der Waals surface area (Å²) in [4.78, 5) is 51.3. The van der Waals surface area contributed by atoms with Crippen LogP contribution in [0.2, 0.25) is 0 Å². The molecule has 2 heterocycles. The van der Waals surface area contributed by atoms with Crippen LogP contribution in [0.3, 0.4) is 0 Å². The van der Waals surface area contributed by atoms with E-state index in [4.69, 9.17) is 18.9 Å². The van der Waals surface area contributed by atoms with Crippen LogP contribution in [0.25, 0.3) is 0 Å². The molecule has 280 valence electrons. The second kappa shape index (κ2) is 16.9. The fourth-order valence-corrected chi connectivity index (χ4v) is 7.43. The number of esters is 2. The van der Waals surface area contributed by atoms with Crippen LogP contribution in [0.1, 0.15) is 107 Å². The number of ketones is 2. The summed E-state index contributed by atoms with van der Waals surface area (Å²) in [5.74, 6) is -2.86. The van der Waals surface area contributed by atoms with Crippen LogP contribution in [-0.2, 0) is 56.8 Å². The molecular weight excluding hydrogens is 650 g/mol. The summed E-state index contributed by atoms with van der Waals surface area (Å²) in [5, 5.41) is 11.4. The van der Waals surface area contributed by atoms with Gasteiger partial charge in [-0.2, -0.15) is 0 Å². The normalized spacial score (nSPS) is 24.4. The molecule has 0 aromatic heterocycles. The van der Waals surface area contributed by atoms with E-state index in [0.717, 1.165) is 48.1 Å². The number of hydrogen-bond acceptors (Lipinski definition) is 10. The predicted molar refractivity (Wildman–Crippen MR) is 193 cm³/mol. The molecule has 2 fully saturated rings. The highest BCUT2D eigenvalue weighted by Gasteiger charge is 2.72. The molecule has 4 rings (SSSR count). The molecule has 0 unspecified atom stereocenters. The lowest BCUT2D eigenvalue weighted by Gasteiger charge is -2.53. The van der Waals surface area contributed by atoms with E-state index in [0.29, 0.717) is 44.1 Å². The molecule has 2 aromatic carbocycles. The molecule has 0 amide bonds. The fourth-order valence-electron chi connectivity index (χ4n) is 7.43. The van der Waals surface area contributed by atoms with E-state index in [2.05, 4.69) is 29.2 Å². The van der Waals surface area contributed by atoms with Crippen LogP contribution in [0.5, 0.6) is 0 Å². The van der Waals surface area contributed by atoms with Crippen LogP contribution >= 0.6 is 0 Å². The van der Waals surface area contributed by atoms with Gasteiger partial charge < -0.3 is 29.0 Å². The number of fused-ring (bicyclic) bond motifs is 2. The van der Waals surface area contributed by atoms with Gasteiger partial charge in [0.1, 0.15) is 23.3 Å². The van der Waals surface area contributed by atoms with E-state index in [9.17, 15) is 24.3 Å². The Bertz CT molecular complexity index is 1550. The Balaban J connectivity index is 1.43. The van der Waals surface area contributed by atoms with E-state index in [1.54, 1.807) is 13.8 Å². The lowest BCUT2D eigenvalue weighted by molar-refractivity contribution is -0.339. The van der Waals surface area contributed by atoms with Crippen LogP contribution in [0.4, 0.5) is 0 Å². The number of rotatable bonds is 18. The second-order valence-electron chi connectivity index (χ2n) is 15.2. The van der Waals surface area contributed by atoms with E-state index in [1.807, 2.05) is 46.1 Å². The predicted octanol–water partition coefficient (Wildman–Crippen LogP) is 5.78. The van der Waals surface area contributed by atoms with Crippen molar-refractivity contribution in [3.8, 4) is 0 Å². The summed E-state index contributed by atoms with van der Waals surface area (Å²) in [7, 11) is 3.99. The Morgan fingerprint density at radius 2 is 1.47 bits per heavy atom. The van der Waals surface area contributed by atoms with Crippen molar-refractivity contribution in [3.05, 3.63) is 70.3 Å². The molecular formula is C41H57NO9. The summed E-state index contributed by atoms with van der Waals surface area (Å²) in [6.07, 6.45) is 3.63. The molecule has 0 radical (unpaired) electrons. The Kier molecular flexibility index (Phi) is 13.4. The third-order valence-electron chi connectivity index (χ3n) is 10.4. The summed E-state index contributed by atoms with van der Waals surface area (Å²) < 4.78 is 24.8. The quantitative estimate of drug-likeness (QED) is 0.191. The SMILES string of the molecule is CC(=O)O[C@@H]1[C@@H](OC(C)=O)[C@@]2(c3ccc(C)c(Cc4ccc(CCCC(=O)CCCC(=O)CCCN(C)C)cc4)c3)OC[C@](C(C)(C)O)(O2)[C@H]1C. The number of aliphatic hydroxyl groups is 1. The standard InChI is InChI=1S/C41H57NO9/c1-27-17-22-34(41-38(50-30(4)44)37(49-29(3)43)28(2)40(51-41,26-48-41)39(5,6)47)25-33(27)24-32-20-18-31(19-21-32)12-9-13-35(45)14-10-15-36(46)16-11-23-42(7)8/h17-22,25,28,37-38,47H,9-16,23-24,26H2,1-8H3/t28-,37-,38+,40-,41-/m0/s1. The number of benzene rings is 2. The minimum absolute atomic E-state index is 0.000434. The number of Topliss-reactive ketones (excluding diaryl/α,β-unsaturated/α-hetero) is 2. The van der Waals surface area contributed by atoms with Crippen molar-refractivity contribution >= 4 is 23.5 Å². The number of carbonyl (C=O) groups is 4. The molecule has 51 heavy (non-hydrogen) atoms. The van der Waals surface area contributed by atoms with Gasteiger partial charge in [-0.05, 0) is 102 Å². The van der Waals surface area contributed by atoms with Crippen molar-refractivity contribution in [2.75, 3.05) is 27.2 Å². The molecule has 10 heteroatoms. The fraction of sp³-hybridized carbons (Fsp3) is 0.610. The molecule has 0 saturated carbocycles. The molecule has 1 N–H and O–H groups in total. The first kappa shape index (κ1) is 40.3. The maximum atomic E-state index is 12.4. The van der Waals surface area contributed by atoms with Crippen LogP contribution in [0, 0.1) is 12.8 Å². The molecule has 2 aromatic rings. The first-order chi connectivity index (χ1) is 24.0. The topological polar surface area (TPSA) is 129 Å². The molecule has 2 aliphatic rings. The first-order valence-corrected chi connectivity index (χ1v) is 18.2. The van der Waals surface area contributed by atoms with Gasteiger partial charge in [-0.15, -0.1) is 0 Å². The lowest BCUT2D eigenvalue weighted by atomic mass is 9.70. The molecule has 2 saturated heterocycles. The highest BCUT2D eigenvalue weighted by molar-refractivity contribution is 5.81. The zero-order valence-corrected chi connectivity index (χ0v) is 31.7. The number of aryl methyl sites for hydroxylation is 2. The maximum Gasteiger partial charge on any atom is 0.303 e. The summed E-state index contributed by atoms with van der Waals surface area (Å²) in [6, 6.07) is 14.2. The van der Waals surface area contributed by atoms with Gasteiger partial charge in [-0.3, -0.25) is 19.2 Å². The van der Waals surface area contributed by atoms with Gasteiger partial charge in [0.2, 0.25) is 5.79 Å². The van der Waals surface area contributed by atoms with Crippen molar-refractivity contribution in [1.82, 2.24) is 4.90 Å². The van der Waals surface area contributed by atoms with Crippen molar-refractivity contribution in [3.63, 3.8) is 0 Å². The number of nitrogens with zero attached hydrogens (tertiary/aromatic N) is 1. The summed E-state index contributed by atoms with van der Waals surface area (Å²) in [5.41, 5.74) is 2.26. The lowest BCUT2D eigenvalue weighted by Crippen LogP contribution is -2.68. The molecule has 0 aliphatic carbocycles. The monoisotopic (exact) mass is 707 g/mol. The van der Waals surface area contributed by atoms with Crippen LogP contribution < -0.4 is 0 Å². The molecule has 10 nitrogen and oxygen atoms in total. The average Bonchev–Trinajstić information content (AvgIpc) is 3.43. The van der Waals surface area contributed by atoms with Crippen molar-refractivity contribution in [2.24, 2.45) is 5.92 Å². The third-order valence-corrected chi connectivity index (χ3v) is 10.4. The largest absolute Gasteiger partial charge is 0.458 e. The van der Waals surface area contributed by atoms with Gasteiger partial charge in [-0.25, -0.2) is 0 Å². The van der Waals surface area contributed by atoms with Gasteiger partial charge in [0, 0.05) is 51.0 Å². The Labute approximate surface area is 303 Å². The van der Waals surface area contributed by atoms with Crippen molar-refractivity contribution in [2.45, 2.75) is 129 Å². The number of carbonyl (C=O) groups excluding carboxylic acids is 4. The van der Waals surface area contributed by atoms with Crippen molar-refractivity contribution < 1.29 is 43.2 Å². The molecule has 0 spiro atoms. The molecule has 2 aliphatic heterocycles. The summed E-state index contributed by atoms with van der Waals surface area (Å²) in [6.45, 7) is 10.6. The number of ether oxygens (including phenoxy) is 4. The van der Waals surface area contributed by atoms with Gasteiger partial charge >= 0.3 is 11.9 Å². The third kappa shape index (κ3) is 9.71. The zero-order chi connectivity index (χ0) is 37.6. The van der Waals surface area contributed by atoms with Gasteiger partial charge in [-0.1, -0.05) is 43.3 Å².